The molecule has 0 aliphatic carbocycles. The fourth-order valence-electron chi connectivity index (χ4n) is 1.90. The number of nitrogens with two attached hydrogens (primary N) is 1. The smallest absolute Gasteiger partial charge is 0.412 e. The molecular formula is C16H24N2O4. The van der Waals surface area contributed by atoms with Crippen molar-refractivity contribution in [1.29, 1.82) is 0 Å². The Balaban J connectivity index is 2.75. The van der Waals surface area contributed by atoms with Crippen molar-refractivity contribution in [3.05, 3.63) is 29.3 Å². The maximum absolute atomic E-state index is 11.7. The van der Waals surface area contributed by atoms with Gasteiger partial charge in [-0.25, -0.2) is 4.79 Å². The number of esters is 1. The van der Waals surface area contributed by atoms with Crippen LogP contribution in [0.2, 0.25) is 0 Å². The number of carbonyl (C=O) groups is 2. The van der Waals surface area contributed by atoms with Crippen LogP contribution in [0.4, 0.5) is 10.5 Å². The molecule has 1 amide bonds. The van der Waals surface area contributed by atoms with E-state index in [1.54, 1.807) is 32.9 Å². The Morgan fingerprint density at radius 3 is 2.45 bits per heavy atom. The number of hydrogen-bond donors (Lipinski definition) is 2. The third-order valence-electron chi connectivity index (χ3n) is 2.90. The molecule has 0 saturated carbocycles. The van der Waals surface area contributed by atoms with E-state index in [9.17, 15) is 9.59 Å². The van der Waals surface area contributed by atoms with E-state index >= 15 is 0 Å². The van der Waals surface area contributed by atoms with Crippen molar-refractivity contribution < 1.29 is 19.1 Å². The van der Waals surface area contributed by atoms with Crippen LogP contribution in [0.3, 0.4) is 0 Å². The predicted octanol–water partition coefficient (Wildman–Crippen LogP) is 2.60. The van der Waals surface area contributed by atoms with E-state index in [-0.39, 0.29) is 5.97 Å². The maximum Gasteiger partial charge on any atom is 0.412 e. The minimum Gasteiger partial charge on any atom is -0.469 e. The number of aryl methyl sites for hydroxylation is 1. The maximum atomic E-state index is 11.7. The molecule has 0 atom stereocenters. The molecule has 0 bridgehead atoms. The second kappa shape index (κ2) is 7.79. The van der Waals surface area contributed by atoms with Crippen LogP contribution in [-0.4, -0.2) is 24.8 Å². The number of amides is 1. The van der Waals surface area contributed by atoms with Gasteiger partial charge in [0.15, 0.2) is 0 Å². The van der Waals surface area contributed by atoms with Crippen molar-refractivity contribution in [2.45, 2.75) is 45.8 Å². The minimum absolute atomic E-state index is 0.265. The number of rotatable bonds is 5. The largest absolute Gasteiger partial charge is 0.469 e. The van der Waals surface area contributed by atoms with E-state index in [0.717, 1.165) is 11.1 Å². The summed E-state index contributed by atoms with van der Waals surface area (Å²) in [6.07, 6.45) is 0.326. The fraction of sp³-hybridized carbons (Fsp3) is 0.500. The van der Waals surface area contributed by atoms with Gasteiger partial charge in [0.25, 0.3) is 0 Å². The number of ether oxygens (including phenoxy) is 2. The molecule has 1 aromatic carbocycles. The minimum atomic E-state index is -0.554. The molecule has 1 aromatic rings. The van der Waals surface area contributed by atoms with Gasteiger partial charge in [0.1, 0.15) is 5.60 Å². The van der Waals surface area contributed by atoms with Crippen LogP contribution in [0, 0.1) is 0 Å². The van der Waals surface area contributed by atoms with Gasteiger partial charge in [-0.1, -0.05) is 6.07 Å². The zero-order chi connectivity index (χ0) is 16.8. The van der Waals surface area contributed by atoms with E-state index in [1.807, 2.05) is 6.07 Å². The van der Waals surface area contributed by atoms with Crippen molar-refractivity contribution in [2.24, 2.45) is 5.73 Å². The summed E-state index contributed by atoms with van der Waals surface area (Å²) in [4.78, 5) is 22.9. The molecule has 0 radical (unpaired) electrons. The van der Waals surface area contributed by atoms with Gasteiger partial charge in [-0.05, 0) is 50.5 Å². The number of benzene rings is 1. The average Bonchev–Trinajstić information content (AvgIpc) is 2.43. The Hall–Kier alpha value is -2.08. The van der Waals surface area contributed by atoms with Crippen molar-refractivity contribution in [2.75, 3.05) is 12.4 Å². The number of carbonyl (C=O) groups excluding carboxylic acids is 2. The molecule has 0 heterocycles. The standard InChI is InChI=1S/C16H24N2O4/c1-16(2,3)22-15(20)18-13-7-5-11(12(9-13)10-17)6-8-14(19)21-4/h5,7,9H,6,8,10,17H2,1-4H3,(H,18,20). The van der Waals surface area contributed by atoms with Gasteiger partial charge < -0.3 is 15.2 Å². The summed E-state index contributed by atoms with van der Waals surface area (Å²) >= 11 is 0. The Labute approximate surface area is 131 Å². The highest BCUT2D eigenvalue weighted by atomic mass is 16.6. The van der Waals surface area contributed by atoms with Gasteiger partial charge in [0.2, 0.25) is 0 Å². The zero-order valence-corrected chi connectivity index (χ0v) is 13.6. The van der Waals surface area contributed by atoms with Crippen LogP contribution in [0.15, 0.2) is 18.2 Å². The van der Waals surface area contributed by atoms with Crippen LogP contribution in [-0.2, 0) is 27.2 Å². The molecule has 0 saturated heterocycles. The summed E-state index contributed by atoms with van der Waals surface area (Å²) < 4.78 is 9.82. The normalized spacial score (nSPS) is 11.0. The molecule has 0 aliphatic heterocycles. The Morgan fingerprint density at radius 1 is 1.23 bits per heavy atom. The van der Waals surface area contributed by atoms with E-state index < -0.39 is 11.7 Å². The quantitative estimate of drug-likeness (QED) is 0.816. The lowest BCUT2D eigenvalue weighted by atomic mass is 10.0. The van der Waals surface area contributed by atoms with Crippen LogP contribution < -0.4 is 11.1 Å². The Morgan fingerprint density at radius 2 is 1.91 bits per heavy atom. The second-order valence-corrected chi connectivity index (χ2v) is 5.89. The van der Waals surface area contributed by atoms with Crippen molar-refractivity contribution in [3.8, 4) is 0 Å². The summed E-state index contributed by atoms with van der Waals surface area (Å²) in [6.45, 7) is 5.72. The Kier molecular flexibility index (Phi) is 6.37. The monoisotopic (exact) mass is 308 g/mol. The summed E-state index contributed by atoms with van der Waals surface area (Å²) in [5.41, 5.74) is 7.62. The van der Waals surface area contributed by atoms with Crippen molar-refractivity contribution in [1.82, 2.24) is 0 Å². The lowest BCUT2D eigenvalue weighted by Crippen LogP contribution is -2.27. The van der Waals surface area contributed by atoms with Crippen molar-refractivity contribution >= 4 is 17.7 Å². The molecule has 22 heavy (non-hydrogen) atoms. The summed E-state index contributed by atoms with van der Waals surface area (Å²) in [5.74, 6) is -0.265. The van der Waals surface area contributed by atoms with E-state index in [1.165, 1.54) is 7.11 Å². The molecule has 0 aromatic heterocycles. The van der Waals surface area contributed by atoms with E-state index in [2.05, 4.69) is 10.1 Å². The number of methoxy groups -OCH3 is 1. The lowest BCUT2D eigenvalue weighted by molar-refractivity contribution is -0.140. The first-order valence-electron chi connectivity index (χ1n) is 7.14. The highest BCUT2D eigenvalue weighted by molar-refractivity contribution is 5.85. The predicted molar refractivity (Wildman–Crippen MR) is 84.5 cm³/mol. The van der Waals surface area contributed by atoms with Gasteiger partial charge in [-0.2, -0.15) is 0 Å². The lowest BCUT2D eigenvalue weighted by Gasteiger charge is -2.20. The molecule has 6 nitrogen and oxygen atoms in total. The molecule has 0 aliphatic rings. The molecule has 3 N–H and O–H groups in total. The Bertz CT molecular complexity index is 535. The first-order chi connectivity index (χ1) is 10.2. The van der Waals surface area contributed by atoms with Gasteiger partial charge in [0, 0.05) is 18.7 Å². The second-order valence-electron chi connectivity index (χ2n) is 5.89. The van der Waals surface area contributed by atoms with Crippen LogP contribution in [0.1, 0.15) is 38.3 Å². The highest BCUT2D eigenvalue weighted by Gasteiger charge is 2.16. The molecule has 6 heteroatoms. The number of anilines is 1. The molecule has 0 fully saturated rings. The number of nitrogens with one attached hydrogen (secondary N) is 1. The van der Waals surface area contributed by atoms with Gasteiger partial charge >= 0.3 is 12.1 Å². The third-order valence-corrected chi connectivity index (χ3v) is 2.90. The van der Waals surface area contributed by atoms with Crippen LogP contribution >= 0.6 is 0 Å². The first kappa shape index (κ1) is 18.0. The summed E-state index contributed by atoms with van der Waals surface area (Å²) in [5, 5.41) is 2.67. The fourth-order valence-corrected chi connectivity index (χ4v) is 1.90. The summed E-state index contributed by atoms with van der Waals surface area (Å²) in [6, 6.07) is 5.39. The van der Waals surface area contributed by atoms with Gasteiger partial charge in [-0.3, -0.25) is 10.1 Å². The topological polar surface area (TPSA) is 90.6 Å². The average molecular weight is 308 g/mol. The van der Waals surface area contributed by atoms with E-state index in [4.69, 9.17) is 10.5 Å². The van der Waals surface area contributed by atoms with Crippen LogP contribution in [0.25, 0.3) is 0 Å². The van der Waals surface area contributed by atoms with E-state index in [0.29, 0.717) is 25.1 Å². The number of hydrogen-bond acceptors (Lipinski definition) is 5. The van der Waals surface area contributed by atoms with Crippen molar-refractivity contribution in [3.63, 3.8) is 0 Å². The molecule has 122 valence electrons. The van der Waals surface area contributed by atoms with Gasteiger partial charge in [0.05, 0.1) is 7.11 Å². The zero-order valence-electron chi connectivity index (χ0n) is 13.6. The molecular weight excluding hydrogens is 284 g/mol. The van der Waals surface area contributed by atoms with Crippen LogP contribution in [0.5, 0.6) is 0 Å². The highest BCUT2D eigenvalue weighted by Crippen LogP contribution is 2.18. The third kappa shape index (κ3) is 6.13. The molecule has 0 unspecified atom stereocenters. The first-order valence-corrected chi connectivity index (χ1v) is 7.14. The SMILES string of the molecule is COC(=O)CCc1ccc(NC(=O)OC(C)(C)C)cc1CN. The molecule has 0 spiro atoms. The van der Waals surface area contributed by atoms with Gasteiger partial charge in [-0.15, -0.1) is 0 Å². The summed E-state index contributed by atoms with van der Waals surface area (Å²) in [7, 11) is 1.36. The molecule has 1 rings (SSSR count).